The standard InChI is InChI=1S/C9H5F2N3O4/c1-18-9(15)7-4(8(10)11)2-6(14(16)17)5(3-12)13-7/h2,8H,1H3. The van der Waals surface area contributed by atoms with E-state index in [0.29, 0.717) is 6.07 Å². The Hall–Kier alpha value is -2.63. The van der Waals surface area contributed by atoms with Crippen LogP contribution in [0, 0.1) is 21.4 Å². The van der Waals surface area contributed by atoms with Crippen LogP contribution in [-0.4, -0.2) is 23.0 Å². The van der Waals surface area contributed by atoms with Gasteiger partial charge in [-0.15, -0.1) is 0 Å². The van der Waals surface area contributed by atoms with Crippen LogP contribution in [-0.2, 0) is 4.74 Å². The fourth-order valence-electron chi connectivity index (χ4n) is 1.17. The first-order valence-corrected chi connectivity index (χ1v) is 4.38. The summed E-state index contributed by atoms with van der Waals surface area (Å²) in [7, 11) is 0.937. The van der Waals surface area contributed by atoms with Crippen molar-refractivity contribution in [2.45, 2.75) is 6.43 Å². The summed E-state index contributed by atoms with van der Waals surface area (Å²) >= 11 is 0. The number of hydrogen-bond acceptors (Lipinski definition) is 6. The first-order chi connectivity index (χ1) is 8.42. The van der Waals surface area contributed by atoms with E-state index >= 15 is 0 Å². The molecule has 0 aromatic carbocycles. The number of methoxy groups -OCH3 is 1. The highest BCUT2D eigenvalue weighted by Crippen LogP contribution is 2.28. The summed E-state index contributed by atoms with van der Waals surface area (Å²) in [6.45, 7) is 0. The molecule has 0 N–H and O–H groups in total. The smallest absolute Gasteiger partial charge is 0.357 e. The number of rotatable bonds is 3. The third kappa shape index (κ3) is 2.37. The largest absolute Gasteiger partial charge is 0.464 e. The quantitative estimate of drug-likeness (QED) is 0.462. The van der Waals surface area contributed by atoms with E-state index in [-0.39, 0.29) is 0 Å². The zero-order chi connectivity index (χ0) is 13.9. The van der Waals surface area contributed by atoms with Crippen LogP contribution in [0.5, 0.6) is 0 Å². The second-order valence-electron chi connectivity index (χ2n) is 2.96. The van der Waals surface area contributed by atoms with E-state index in [9.17, 15) is 23.7 Å². The fourth-order valence-corrected chi connectivity index (χ4v) is 1.17. The van der Waals surface area contributed by atoms with Gasteiger partial charge in [-0.05, 0) is 0 Å². The zero-order valence-corrected chi connectivity index (χ0v) is 8.89. The molecule has 1 aromatic rings. The molecule has 1 heterocycles. The van der Waals surface area contributed by atoms with Crippen molar-refractivity contribution in [2.75, 3.05) is 7.11 Å². The molecule has 7 nitrogen and oxygen atoms in total. The minimum atomic E-state index is -3.15. The number of carbonyl (C=O) groups excluding carboxylic acids is 1. The molecule has 18 heavy (non-hydrogen) atoms. The summed E-state index contributed by atoms with van der Waals surface area (Å²) in [5.74, 6) is -1.20. The number of ether oxygens (including phenoxy) is 1. The summed E-state index contributed by atoms with van der Waals surface area (Å²) in [4.78, 5) is 24.0. The second kappa shape index (κ2) is 5.13. The molecule has 1 rings (SSSR count). The zero-order valence-electron chi connectivity index (χ0n) is 8.89. The molecule has 0 saturated heterocycles. The van der Waals surface area contributed by atoms with Gasteiger partial charge in [0.2, 0.25) is 5.69 Å². The monoisotopic (exact) mass is 257 g/mol. The Morgan fingerprint density at radius 1 is 1.67 bits per heavy atom. The van der Waals surface area contributed by atoms with Gasteiger partial charge in [-0.1, -0.05) is 0 Å². The van der Waals surface area contributed by atoms with Crippen molar-refractivity contribution < 1.29 is 23.2 Å². The van der Waals surface area contributed by atoms with Gasteiger partial charge in [-0.25, -0.2) is 18.6 Å². The van der Waals surface area contributed by atoms with Crippen molar-refractivity contribution in [1.82, 2.24) is 4.98 Å². The Morgan fingerprint density at radius 2 is 2.28 bits per heavy atom. The van der Waals surface area contributed by atoms with E-state index in [0.717, 1.165) is 7.11 Å². The van der Waals surface area contributed by atoms with Crippen LogP contribution in [0.15, 0.2) is 6.07 Å². The van der Waals surface area contributed by atoms with Crippen molar-refractivity contribution >= 4 is 11.7 Å². The summed E-state index contributed by atoms with van der Waals surface area (Å²) in [5, 5.41) is 19.2. The lowest BCUT2D eigenvalue weighted by Gasteiger charge is -2.06. The predicted octanol–water partition coefficient (Wildman–Crippen LogP) is 1.59. The maximum Gasteiger partial charge on any atom is 0.357 e. The van der Waals surface area contributed by atoms with Gasteiger partial charge in [0.25, 0.3) is 6.43 Å². The van der Waals surface area contributed by atoms with Crippen molar-refractivity contribution in [3.8, 4) is 6.07 Å². The molecule has 0 fully saturated rings. The third-order valence-corrected chi connectivity index (χ3v) is 1.95. The number of nitrogens with zero attached hydrogens (tertiary/aromatic N) is 3. The minimum absolute atomic E-state index is 0.447. The van der Waals surface area contributed by atoms with Crippen LogP contribution in [0.3, 0.4) is 0 Å². The molecule has 0 bridgehead atoms. The van der Waals surface area contributed by atoms with Gasteiger partial charge >= 0.3 is 11.7 Å². The first-order valence-electron chi connectivity index (χ1n) is 4.38. The molecule has 9 heteroatoms. The van der Waals surface area contributed by atoms with Crippen molar-refractivity contribution in [1.29, 1.82) is 5.26 Å². The van der Waals surface area contributed by atoms with E-state index < -0.39 is 40.0 Å². The van der Waals surface area contributed by atoms with E-state index in [1.165, 1.54) is 6.07 Å². The summed E-state index contributed by atoms with van der Waals surface area (Å²) < 4.78 is 29.5. The SMILES string of the molecule is COC(=O)c1nc(C#N)c([N+](=O)[O-])cc1C(F)F. The predicted molar refractivity (Wildman–Crippen MR) is 51.9 cm³/mol. The number of alkyl halides is 2. The number of carbonyl (C=O) groups is 1. The molecule has 94 valence electrons. The highest BCUT2D eigenvalue weighted by Gasteiger charge is 2.27. The van der Waals surface area contributed by atoms with E-state index in [1.807, 2.05) is 0 Å². The number of aromatic nitrogens is 1. The van der Waals surface area contributed by atoms with E-state index in [4.69, 9.17) is 5.26 Å². The van der Waals surface area contributed by atoms with Crippen LogP contribution in [0.25, 0.3) is 0 Å². The molecule has 0 aliphatic carbocycles. The second-order valence-corrected chi connectivity index (χ2v) is 2.96. The van der Waals surface area contributed by atoms with Gasteiger partial charge in [0, 0.05) is 6.07 Å². The first kappa shape index (κ1) is 13.4. The molecule has 1 aromatic heterocycles. The molecule has 0 aliphatic heterocycles. The number of hydrogen-bond donors (Lipinski definition) is 0. The van der Waals surface area contributed by atoms with Gasteiger partial charge in [-0.3, -0.25) is 10.1 Å². The molecule has 0 amide bonds. The van der Waals surface area contributed by atoms with Gasteiger partial charge < -0.3 is 4.74 Å². The Bertz CT molecular complexity index is 553. The Morgan fingerprint density at radius 3 is 2.67 bits per heavy atom. The maximum atomic E-state index is 12.7. The average molecular weight is 257 g/mol. The molecule has 0 atom stereocenters. The number of nitro groups is 1. The lowest BCUT2D eigenvalue weighted by atomic mass is 10.1. The fraction of sp³-hybridized carbons (Fsp3) is 0.222. The van der Waals surface area contributed by atoms with Gasteiger partial charge in [-0.2, -0.15) is 5.26 Å². The average Bonchev–Trinajstić information content (AvgIpc) is 2.35. The lowest BCUT2D eigenvalue weighted by molar-refractivity contribution is -0.385. The lowest BCUT2D eigenvalue weighted by Crippen LogP contribution is -2.11. The minimum Gasteiger partial charge on any atom is -0.464 e. The topological polar surface area (TPSA) is 106 Å². The Balaban J connectivity index is 3.58. The van der Waals surface area contributed by atoms with Gasteiger partial charge in [0.1, 0.15) is 6.07 Å². The number of pyridine rings is 1. The van der Waals surface area contributed by atoms with Crippen molar-refractivity contribution in [3.05, 3.63) is 33.1 Å². The Kier molecular flexibility index (Phi) is 3.83. The third-order valence-electron chi connectivity index (χ3n) is 1.95. The Labute approximate surface area is 98.8 Å². The van der Waals surface area contributed by atoms with E-state index in [2.05, 4.69) is 9.72 Å². The van der Waals surface area contributed by atoms with Crippen LogP contribution >= 0.6 is 0 Å². The molecule has 0 saturated carbocycles. The van der Waals surface area contributed by atoms with Gasteiger partial charge in [0.15, 0.2) is 5.69 Å². The van der Waals surface area contributed by atoms with Crippen LogP contribution in [0.2, 0.25) is 0 Å². The number of halogens is 2. The molecule has 0 unspecified atom stereocenters. The number of esters is 1. The van der Waals surface area contributed by atoms with Crippen LogP contribution < -0.4 is 0 Å². The molecule has 0 spiro atoms. The van der Waals surface area contributed by atoms with Crippen molar-refractivity contribution in [2.24, 2.45) is 0 Å². The van der Waals surface area contributed by atoms with Crippen molar-refractivity contribution in [3.63, 3.8) is 0 Å². The highest BCUT2D eigenvalue weighted by molar-refractivity contribution is 5.89. The molecular weight excluding hydrogens is 252 g/mol. The maximum absolute atomic E-state index is 12.7. The van der Waals surface area contributed by atoms with Gasteiger partial charge in [0.05, 0.1) is 17.6 Å². The summed E-state index contributed by atoms with van der Waals surface area (Å²) in [6, 6.07) is 1.80. The highest BCUT2D eigenvalue weighted by atomic mass is 19.3. The summed E-state index contributed by atoms with van der Waals surface area (Å²) in [5.41, 5.74) is -3.38. The number of nitriles is 1. The van der Waals surface area contributed by atoms with Crippen LogP contribution in [0.4, 0.5) is 14.5 Å². The molecule has 0 radical (unpaired) electrons. The normalized spacial score (nSPS) is 9.94. The molecule has 0 aliphatic rings. The summed E-state index contributed by atoms with van der Waals surface area (Å²) in [6.07, 6.45) is -3.15. The molecular formula is C9H5F2N3O4. The van der Waals surface area contributed by atoms with E-state index in [1.54, 1.807) is 0 Å². The van der Waals surface area contributed by atoms with Crippen LogP contribution in [0.1, 0.15) is 28.2 Å².